The zero-order valence-electron chi connectivity index (χ0n) is 19.1. The van der Waals surface area contributed by atoms with Crippen molar-refractivity contribution in [1.29, 1.82) is 0 Å². The van der Waals surface area contributed by atoms with Gasteiger partial charge < -0.3 is 35.8 Å². The average molecular weight is 459 g/mol. The molecule has 0 aromatic carbocycles. The van der Waals surface area contributed by atoms with E-state index in [1.165, 1.54) is 4.90 Å². The SMILES string of the molecule is CCNC(=O)OCCN(C)C(=O)CCC(CO)NC(=O)C(CC1CCCCC1)NC(=O)O. The average Bonchev–Trinajstić information content (AvgIpc) is 2.76. The Labute approximate surface area is 189 Å². The van der Waals surface area contributed by atoms with Gasteiger partial charge in [0.25, 0.3) is 0 Å². The van der Waals surface area contributed by atoms with Crippen LogP contribution in [0.3, 0.4) is 0 Å². The molecule has 1 aliphatic carbocycles. The normalized spacial score (nSPS) is 15.8. The van der Waals surface area contributed by atoms with Crippen LogP contribution in [-0.2, 0) is 14.3 Å². The molecule has 0 aliphatic heterocycles. The zero-order chi connectivity index (χ0) is 23.9. The van der Waals surface area contributed by atoms with Gasteiger partial charge in [-0.05, 0) is 25.7 Å². The Balaban J connectivity index is 2.47. The van der Waals surface area contributed by atoms with Crippen molar-refractivity contribution in [3.63, 3.8) is 0 Å². The molecule has 4 amide bonds. The largest absolute Gasteiger partial charge is 0.465 e. The number of nitrogens with zero attached hydrogens (tertiary/aromatic N) is 1. The van der Waals surface area contributed by atoms with Crippen LogP contribution in [0.15, 0.2) is 0 Å². The summed E-state index contributed by atoms with van der Waals surface area (Å²) >= 11 is 0. The number of alkyl carbamates (subject to hydrolysis) is 1. The first kappa shape index (κ1) is 27.5. The number of carbonyl (C=O) groups is 4. The summed E-state index contributed by atoms with van der Waals surface area (Å²) in [7, 11) is 1.58. The minimum absolute atomic E-state index is 0.0535. The molecule has 0 heterocycles. The lowest BCUT2D eigenvalue weighted by molar-refractivity contribution is -0.131. The maximum atomic E-state index is 12.7. The summed E-state index contributed by atoms with van der Waals surface area (Å²) < 4.78 is 4.93. The van der Waals surface area contributed by atoms with Crippen LogP contribution in [0.4, 0.5) is 9.59 Å². The number of hydrogen-bond donors (Lipinski definition) is 5. The number of amides is 4. The highest BCUT2D eigenvalue weighted by molar-refractivity contribution is 5.85. The minimum atomic E-state index is -1.27. The molecular weight excluding hydrogens is 420 g/mol. The molecule has 0 aromatic rings. The maximum Gasteiger partial charge on any atom is 0.407 e. The van der Waals surface area contributed by atoms with Crippen molar-refractivity contribution >= 4 is 24.0 Å². The van der Waals surface area contributed by atoms with Gasteiger partial charge in [0.2, 0.25) is 11.8 Å². The van der Waals surface area contributed by atoms with Gasteiger partial charge in [-0.1, -0.05) is 32.1 Å². The van der Waals surface area contributed by atoms with Gasteiger partial charge in [0.1, 0.15) is 12.6 Å². The van der Waals surface area contributed by atoms with Crippen LogP contribution >= 0.6 is 0 Å². The molecule has 1 fully saturated rings. The topological polar surface area (TPSA) is 157 Å². The van der Waals surface area contributed by atoms with E-state index in [1.54, 1.807) is 14.0 Å². The van der Waals surface area contributed by atoms with Crippen molar-refractivity contribution in [2.24, 2.45) is 5.92 Å². The first-order chi connectivity index (χ1) is 15.3. The van der Waals surface area contributed by atoms with Crippen LogP contribution < -0.4 is 16.0 Å². The summed E-state index contributed by atoms with van der Waals surface area (Å²) in [5, 5.41) is 26.2. The molecular formula is C21H38N4O7. The fourth-order valence-corrected chi connectivity index (χ4v) is 3.73. The third-order valence-electron chi connectivity index (χ3n) is 5.59. The Bertz CT molecular complexity index is 611. The molecule has 32 heavy (non-hydrogen) atoms. The summed E-state index contributed by atoms with van der Waals surface area (Å²) in [6, 6.07) is -1.56. The van der Waals surface area contributed by atoms with Gasteiger partial charge in [-0.3, -0.25) is 9.59 Å². The van der Waals surface area contributed by atoms with Gasteiger partial charge in [-0.15, -0.1) is 0 Å². The van der Waals surface area contributed by atoms with Crippen LogP contribution in [-0.4, -0.2) is 84.5 Å². The number of aliphatic hydroxyl groups is 1. The number of nitrogens with one attached hydrogen (secondary N) is 3. The molecule has 11 nitrogen and oxygen atoms in total. The van der Waals surface area contributed by atoms with Crippen molar-refractivity contribution in [3.05, 3.63) is 0 Å². The summed E-state index contributed by atoms with van der Waals surface area (Å²) in [5.74, 6) is -0.427. The van der Waals surface area contributed by atoms with E-state index in [-0.39, 0.29) is 44.4 Å². The van der Waals surface area contributed by atoms with E-state index in [0.717, 1.165) is 32.1 Å². The fourth-order valence-electron chi connectivity index (χ4n) is 3.73. The van der Waals surface area contributed by atoms with Gasteiger partial charge in [0, 0.05) is 20.0 Å². The van der Waals surface area contributed by atoms with Crippen molar-refractivity contribution in [2.45, 2.75) is 70.4 Å². The molecule has 2 unspecified atom stereocenters. The second-order valence-electron chi connectivity index (χ2n) is 8.15. The molecule has 1 saturated carbocycles. The second kappa shape index (κ2) is 15.3. The molecule has 1 aliphatic rings. The molecule has 1 rings (SSSR count). The number of aliphatic hydroxyl groups excluding tert-OH is 1. The van der Waals surface area contributed by atoms with E-state index in [1.807, 2.05) is 0 Å². The molecule has 0 bridgehead atoms. The highest BCUT2D eigenvalue weighted by Crippen LogP contribution is 2.27. The first-order valence-electron chi connectivity index (χ1n) is 11.3. The fraction of sp³-hybridized carbons (Fsp3) is 0.810. The van der Waals surface area contributed by atoms with Gasteiger partial charge in [0.05, 0.1) is 19.2 Å². The van der Waals surface area contributed by atoms with Crippen LogP contribution in [0.25, 0.3) is 0 Å². The summed E-state index contributed by atoms with van der Waals surface area (Å²) in [6.07, 6.45) is 4.14. The maximum absolute atomic E-state index is 12.7. The number of carbonyl (C=O) groups excluding carboxylic acids is 3. The van der Waals surface area contributed by atoms with Crippen molar-refractivity contribution < 1.29 is 34.1 Å². The van der Waals surface area contributed by atoms with Crippen molar-refractivity contribution in [1.82, 2.24) is 20.9 Å². The molecule has 0 spiro atoms. The van der Waals surface area contributed by atoms with E-state index < -0.39 is 30.2 Å². The molecule has 184 valence electrons. The van der Waals surface area contributed by atoms with E-state index in [2.05, 4.69) is 16.0 Å². The Hall–Kier alpha value is -2.56. The highest BCUT2D eigenvalue weighted by Gasteiger charge is 2.27. The summed E-state index contributed by atoms with van der Waals surface area (Å²) in [4.78, 5) is 48.7. The van der Waals surface area contributed by atoms with E-state index in [4.69, 9.17) is 9.84 Å². The number of hydrogen-bond acceptors (Lipinski definition) is 6. The minimum Gasteiger partial charge on any atom is -0.465 e. The predicted octanol–water partition coefficient (Wildman–Crippen LogP) is 1.05. The second-order valence-corrected chi connectivity index (χ2v) is 8.15. The van der Waals surface area contributed by atoms with E-state index in [0.29, 0.717) is 13.0 Å². The van der Waals surface area contributed by atoms with Gasteiger partial charge in [-0.25, -0.2) is 9.59 Å². The zero-order valence-corrected chi connectivity index (χ0v) is 19.1. The Morgan fingerprint density at radius 1 is 1.12 bits per heavy atom. The third-order valence-corrected chi connectivity index (χ3v) is 5.59. The Morgan fingerprint density at radius 2 is 1.81 bits per heavy atom. The molecule has 0 aromatic heterocycles. The molecule has 11 heteroatoms. The first-order valence-corrected chi connectivity index (χ1v) is 11.3. The molecule has 0 radical (unpaired) electrons. The number of carboxylic acid groups (broad SMARTS) is 1. The van der Waals surface area contributed by atoms with Crippen LogP contribution in [0.5, 0.6) is 0 Å². The van der Waals surface area contributed by atoms with Crippen LogP contribution in [0.1, 0.15) is 58.3 Å². The van der Waals surface area contributed by atoms with E-state index >= 15 is 0 Å². The predicted molar refractivity (Wildman–Crippen MR) is 117 cm³/mol. The van der Waals surface area contributed by atoms with Crippen molar-refractivity contribution in [3.8, 4) is 0 Å². The van der Waals surface area contributed by atoms with E-state index in [9.17, 15) is 24.3 Å². The summed E-state index contributed by atoms with van der Waals surface area (Å²) in [6.45, 7) is 2.12. The number of likely N-dealkylation sites (N-methyl/N-ethyl adjacent to an activating group) is 1. The third kappa shape index (κ3) is 11.2. The monoisotopic (exact) mass is 458 g/mol. The van der Waals surface area contributed by atoms with Gasteiger partial charge in [0.15, 0.2) is 0 Å². The standard InChI is InChI=1S/C21H38N4O7/c1-3-22-21(31)32-12-11-25(2)18(27)10-9-16(14-26)23-19(28)17(24-20(29)30)13-15-7-5-4-6-8-15/h15-17,24,26H,3-14H2,1-2H3,(H,22,31)(H,23,28)(H,29,30). The Kier molecular flexibility index (Phi) is 13.1. The molecule has 0 saturated heterocycles. The number of rotatable bonds is 13. The highest BCUT2D eigenvalue weighted by atomic mass is 16.5. The lowest BCUT2D eigenvalue weighted by atomic mass is 9.84. The van der Waals surface area contributed by atoms with Crippen LogP contribution in [0.2, 0.25) is 0 Å². The Morgan fingerprint density at radius 3 is 2.41 bits per heavy atom. The molecule has 2 atom stereocenters. The summed E-state index contributed by atoms with van der Waals surface area (Å²) in [5.41, 5.74) is 0. The quantitative estimate of drug-likeness (QED) is 0.276. The van der Waals surface area contributed by atoms with Crippen molar-refractivity contribution in [2.75, 3.05) is 33.4 Å². The lowest BCUT2D eigenvalue weighted by Crippen LogP contribution is -2.51. The number of ether oxygens (including phenoxy) is 1. The smallest absolute Gasteiger partial charge is 0.407 e. The van der Waals surface area contributed by atoms with Gasteiger partial charge >= 0.3 is 12.2 Å². The van der Waals surface area contributed by atoms with Gasteiger partial charge in [-0.2, -0.15) is 0 Å². The van der Waals surface area contributed by atoms with Crippen LogP contribution in [0, 0.1) is 5.92 Å². The molecule has 5 N–H and O–H groups in total. The lowest BCUT2D eigenvalue weighted by Gasteiger charge is -2.27.